The minimum atomic E-state index is -0.891. The summed E-state index contributed by atoms with van der Waals surface area (Å²) < 4.78 is 19.6. The van der Waals surface area contributed by atoms with Gasteiger partial charge in [0.05, 0.1) is 24.9 Å². The molecule has 2 spiro atoms. The summed E-state index contributed by atoms with van der Waals surface area (Å²) in [4.78, 5) is 44.9. The lowest BCUT2D eigenvalue weighted by Crippen LogP contribution is -2.71. The third-order valence-corrected chi connectivity index (χ3v) is 13.7. The van der Waals surface area contributed by atoms with Crippen LogP contribution in [0.5, 0.6) is 0 Å². The van der Waals surface area contributed by atoms with Crippen LogP contribution >= 0.6 is 0 Å². The maximum absolute atomic E-state index is 14.1. The molecule has 0 aromatic carbocycles. The Hall–Kier alpha value is -3.59. The van der Waals surface area contributed by atoms with E-state index in [0.29, 0.717) is 45.2 Å². The molecule has 15 heteroatoms. The first-order valence-electron chi connectivity index (χ1n) is 24.8. The number of nitrogens with one attached hydrogen (secondary N) is 1. The monoisotopic (exact) mass is 869 g/mol. The van der Waals surface area contributed by atoms with E-state index in [0.717, 1.165) is 109 Å². The average Bonchev–Trinajstić information content (AvgIpc) is 3.54. The fourth-order valence-corrected chi connectivity index (χ4v) is 10.5. The molecule has 5 aliphatic heterocycles. The topological polar surface area (TPSA) is 222 Å². The number of carbonyl (C=O) groups is 2. The summed E-state index contributed by atoms with van der Waals surface area (Å²) in [6.07, 6.45) is 31.1. The molecule has 1 amide bonds. The maximum atomic E-state index is 14.1. The van der Waals surface area contributed by atoms with Crippen LogP contribution in [0.1, 0.15) is 181 Å². The molecule has 0 bridgehead atoms. The molecule has 3 fully saturated rings. The van der Waals surface area contributed by atoms with Gasteiger partial charge in [0, 0.05) is 45.1 Å². The van der Waals surface area contributed by atoms with Crippen molar-refractivity contribution in [2.75, 3.05) is 32.8 Å². The average molecular weight is 869 g/mol. The summed E-state index contributed by atoms with van der Waals surface area (Å²) in [5.74, 6) is 0.691. The van der Waals surface area contributed by atoms with E-state index in [1.54, 1.807) is 0 Å². The van der Waals surface area contributed by atoms with Gasteiger partial charge in [0.15, 0.2) is 23.6 Å². The van der Waals surface area contributed by atoms with Crippen LogP contribution in [0.15, 0.2) is 27.1 Å². The van der Waals surface area contributed by atoms with Gasteiger partial charge in [0.1, 0.15) is 11.6 Å². The molecule has 0 saturated carbocycles. The molecule has 352 valence electrons. The first kappa shape index (κ1) is 49.4. The van der Waals surface area contributed by atoms with Gasteiger partial charge in [-0.3, -0.25) is 19.6 Å². The van der Waals surface area contributed by atoms with Crippen molar-refractivity contribution < 1.29 is 23.8 Å². The number of unbranched alkanes of at least 4 members (excludes halogenated alkanes) is 13. The summed E-state index contributed by atoms with van der Waals surface area (Å²) in [7, 11) is 0. The number of hydrogen-bond donors (Lipinski definition) is 5. The van der Waals surface area contributed by atoms with Gasteiger partial charge in [0.2, 0.25) is 5.91 Å². The third-order valence-electron chi connectivity index (χ3n) is 13.7. The molecular weight excluding hydrogens is 785 g/mol. The van der Waals surface area contributed by atoms with Crippen molar-refractivity contribution in [3.05, 3.63) is 12.2 Å². The number of hydrogen-bond acceptors (Lipinski definition) is 10. The minimum Gasteiger partial charge on any atom is -0.465 e. The molecule has 0 aromatic rings. The van der Waals surface area contributed by atoms with E-state index in [4.69, 9.17) is 42.1 Å². The van der Waals surface area contributed by atoms with E-state index in [1.807, 2.05) is 4.90 Å². The van der Waals surface area contributed by atoms with E-state index in [9.17, 15) is 9.59 Å². The second-order valence-electron chi connectivity index (χ2n) is 18.7. The number of amides is 1. The number of esters is 1. The number of rotatable bonds is 27. The molecule has 7 atom stereocenters. The van der Waals surface area contributed by atoms with Crippen molar-refractivity contribution in [1.29, 1.82) is 0 Å². The highest BCUT2D eigenvalue weighted by Gasteiger charge is 2.62. The lowest BCUT2D eigenvalue weighted by molar-refractivity contribution is -0.194. The van der Waals surface area contributed by atoms with Crippen molar-refractivity contribution in [3.63, 3.8) is 0 Å². The number of nitrogens with zero attached hydrogens (tertiary/aromatic N) is 5. The zero-order valence-corrected chi connectivity index (χ0v) is 38.5. The van der Waals surface area contributed by atoms with Crippen molar-refractivity contribution in [2.24, 2.45) is 43.8 Å². The zero-order chi connectivity index (χ0) is 44.2. The third kappa shape index (κ3) is 15.0. The number of ether oxygens (including phenoxy) is 3. The van der Waals surface area contributed by atoms with Crippen LogP contribution in [0.4, 0.5) is 0 Å². The van der Waals surface area contributed by atoms with E-state index in [2.05, 4.69) is 46.2 Å². The quantitative estimate of drug-likeness (QED) is 0.0198. The second-order valence-corrected chi connectivity index (χ2v) is 18.7. The Morgan fingerprint density at radius 3 is 2.15 bits per heavy atom. The van der Waals surface area contributed by atoms with E-state index in [-0.39, 0.29) is 42.0 Å². The Bertz CT molecular complexity index is 1500. The summed E-state index contributed by atoms with van der Waals surface area (Å²) in [5.41, 5.74) is 20.4. The molecule has 5 aliphatic rings. The highest BCUT2D eigenvalue weighted by atomic mass is 16.6. The molecule has 62 heavy (non-hydrogen) atoms. The Balaban J connectivity index is 0.921. The van der Waals surface area contributed by atoms with Crippen LogP contribution < -0.4 is 28.3 Å². The minimum absolute atomic E-state index is 0.0265. The number of allylic oxidation sites excluding steroid dienone is 1. The molecule has 9 N–H and O–H groups in total. The van der Waals surface area contributed by atoms with Gasteiger partial charge in [-0.15, -0.1) is 0 Å². The van der Waals surface area contributed by atoms with E-state index >= 15 is 0 Å². The highest BCUT2D eigenvalue weighted by Crippen LogP contribution is 2.50. The summed E-state index contributed by atoms with van der Waals surface area (Å²) in [6.45, 7) is 7.18. The molecule has 5 rings (SSSR count). The van der Waals surface area contributed by atoms with Gasteiger partial charge in [-0.1, -0.05) is 89.7 Å². The van der Waals surface area contributed by atoms with E-state index in [1.165, 1.54) is 57.8 Å². The number of nitrogens with two attached hydrogens (primary N) is 4. The highest BCUT2D eigenvalue weighted by molar-refractivity contribution is 5.87. The van der Waals surface area contributed by atoms with Crippen LogP contribution in [0.3, 0.4) is 0 Å². The van der Waals surface area contributed by atoms with Crippen molar-refractivity contribution in [3.8, 4) is 0 Å². The Morgan fingerprint density at radius 1 is 0.839 bits per heavy atom. The van der Waals surface area contributed by atoms with Gasteiger partial charge in [0.25, 0.3) is 0 Å². The fraction of sp³-hybridized carbons (Fsp3) is 0.851. The smallest absolute Gasteiger partial charge is 0.316 e. The number of aliphatic imine (C=N–C) groups is 3. The Kier molecular flexibility index (Phi) is 20.4. The fourth-order valence-electron chi connectivity index (χ4n) is 10.5. The first-order chi connectivity index (χ1) is 30.0. The Labute approximate surface area is 373 Å². The SMILES string of the molecule is CCC1C=CCCC2(CC3CCC4C(C(=O)OCCCCCCCCCCCCCCCC(=O)N(CCCCN=C(N)N)CCCN=C(N)N)C5(CCCC(C)O5)N=C(N2)N34)O1. The van der Waals surface area contributed by atoms with Crippen LogP contribution in [-0.2, 0) is 23.8 Å². The normalized spacial score (nSPS) is 27.5. The molecule has 7 unspecified atom stereocenters. The van der Waals surface area contributed by atoms with Gasteiger partial charge in [-0.2, -0.15) is 0 Å². The lowest BCUT2D eigenvalue weighted by atomic mass is 9.80. The second kappa shape index (κ2) is 25.6. The van der Waals surface area contributed by atoms with Crippen molar-refractivity contribution >= 4 is 29.8 Å². The molecule has 3 saturated heterocycles. The van der Waals surface area contributed by atoms with Crippen molar-refractivity contribution in [2.45, 2.75) is 217 Å². The standard InChI is InChI=1S/C47H84N10O5/c1-3-38-24-16-17-28-46(62-38)35-37-26-27-39-41(47(29-21-23-36(2)61-47)55-45(54-46)57(37)39)42(59)60-34-20-14-12-10-8-6-4-5-7-9-11-13-15-25-40(58)56(33-22-31-53-44(50)51)32-19-18-30-52-43(48)49/h16,24,36-39,41H,3-15,17-23,25-35H2,1-2H3,(H,54,55)(H4,48,49,52)(H4,50,51,53). The molecule has 5 heterocycles. The molecule has 0 aromatic heterocycles. The van der Waals surface area contributed by atoms with Gasteiger partial charge in [-0.25, -0.2) is 4.99 Å². The van der Waals surface area contributed by atoms with Crippen LogP contribution in [0, 0.1) is 5.92 Å². The molecular formula is C47H84N10O5. The Morgan fingerprint density at radius 2 is 1.48 bits per heavy atom. The summed E-state index contributed by atoms with van der Waals surface area (Å²) in [6, 6.07) is 0.320. The van der Waals surface area contributed by atoms with E-state index < -0.39 is 17.4 Å². The van der Waals surface area contributed by atoms with Crippen LogP contribution in [-0.4, -0.2) is 108 Å². The molecule has 15 nitrogen and oxygen atoms in total. The van der Waals surface area contributed by atoms with Gasteiger partial charge < -0.3 is 52.3 Å². The number of carbonyl (C=O) groups excluding carboxylic acids is 2. The summed E-state index contributed by atoms with van der Waals surface area (Å²) >= 11 is 0. The number of guanidine groups is 3. The van der Waals surface area contributed by atoms with Gasteiger partial charge in [-0.05, 0) is 90.4 Å². The predicted octanol–water partition coefficient (Wildman–Crippen LogP) is 6.48. The largest absolute Gasteiger partial charge is 0.465 e. The molecule has 0 radical (unpaired) electrons. The van der Waals surface area contributed by atoms with Crippen LogP contribution in [0.25, 0.3) is 0 Å². The van der Waals surface area contributed by atoms with Crippen LogP contribution in [0.2, 0.25) is 0 Å². The zero-order valence-electron chi connectivity index (χ0n) is 38.5. The van der Waals surface area contributed by atoms with Gasteiger partial charge >= 0.3 is 5.97 Å². The lowest BCUT2D eigenvalue weighted by Gasteiger charge is -2.55. The molecule has 0 aliphatic carbocycles. The predicted molar refractivity (Wildman–Crippen MR) is 248 cm³/mol. The summed E-state index contributed by atoms with van der Waals surface area (Å²) in [5, 5.41) is 3.80. The van der Waals surface area contributed by atoms with Crippen molar-refractivity contribution in [1.82, 2.24) is 15.1 Å². The maximum Gasteiger partial charge on any atom is 0.316 e. The first-order valence-corrected chi connectivity index (χ1v) is 24.8.